The van der Waals surface area contributed by atoms with Crippen LogP contribution in [0.15, 0.2) is 42.6 Å². The van der Waals surface area contributed by atoms with Gasteiger partial charge in [-0.1, -0.05) is 6.07 Å². The van der Waals surface area contributed by atoms with Gasteiger partial charge < -0.3 is 21.3 Å². The molecule has 0 radical (unpaired) electrons. The number of alkyl halides is 6. The first-order valence-electron chi connectivity index (χ1n) is 16.8. The Labute approximate surface area is 306 Å². The molecule has 1 atom stereocenters. The van der Waals surface area contributed by atoms with Crippen LogP contribution in [0.2, 0.25) is 0 Å². The number of anilines is 1. The molecule has 2 aromatic heterocycles. The van der Waals surface area contributed by atoms with Gasteiger partial charge >= 0.3 is 0 Å². The summed E-state index contributed by atoms with van der Waals surface area (Å²) in [6.07, 6.45) is -4.79. The zero-order valence-electron chi connectivity index (χ0n) is 28.5. The molecule has 1 fully saturated rings. The number of aromatic nitrogens is 4. The van der Waals surface area contributed by atoms with Gasteiger partial charge in [-0.3, -0.25) is 19.1 Å². The highest BCUT2D eigenvalue weighted by molar-refractivity contribution is 5.94. The van der Waals surface area contributed by atoms with Crippen molar-refractivity contribution in [1.29, 1.82) is 0 Å². The minimum Gasteiger partial charge on any atom is -0.366 e. The Balaban J connectivity index is 1.42. The molecular formula is C35H31F9N8O3. The van der Waals surface area contributed by atoms with Crippen molar-refractivity contribution in [3.8, 4) is 11.1 Å². The number of nitrogens with two attached hydrogens (primary N) is 1. The van der Waals surface area contributed by atoms with Gasteiger partial charge in [0.25, 0.3) is 24.2 Å². The molecule has 6 rings (SSSR count). The number of fused-ring (bicyclic) bond motifs is 1. The van der Waals surface area contributed by atoms with Crippen molar-refractivity contribution >= 4 is 23.7 Å². The van der Waals surface area contributed by atoms with Gasteiger partial charge in [0, 0.05) is 56.7 Å². The van der Waals surface area contributed by atoms with Crippen LogP contribution in [0.4, 0.5) is 45.5 Å². The fraction of sp³-hybridized carbons (Fsp3) is 0.371. The number of nitrogens with one attached hydrogen (secondary N) is 2. The molecule has 11 nitrogen and oxygen atoms in total. The molecular weight excluding hydrogens is 751 g/mol. The van der Waals surface area contributed by atoms with E-state index in [1.165, 1.54) is 12.3 Å². The molecule has 2 aliphatic rings. The topological polar surface area (TPSA) is 148 Å². The molecule has 1 saturated heterocycles. The summed E-state index contributed by atoms with van der Waals surface area (Å²) in [6, 6.07) is 4.09. The van der Waals surface area contributed by atoms with E-state index < -0.39 is 102 Å². The summed E-state index contributed by atoms with van der Waals surface area (Å²) in [4.78, 5) is 48.1. The molecule has 4 N–H and O–H groups in total. The number of likely N-dealkylation sites (tertiary alicyclic amines) is 1. The summed E-state index contributed by atoms with van der Waals surface area (Å²) in [7, 11) is 0. The van der Waals surface area contributed by atoms with Crippen LogP contribution in [0.3, 0.4) is 0 Å². The molecule has 292 valence electrons. The van der Waals surface area contributed by atoms with Gasteiger partial charge in [0.2, 0.25) is 17.8 Å². The first-order valence-corrected chi connectivity index (χ1v) is 16.8. The van der Waals surface area contributed by atoms with Crippen molar-refractivity contribution in [2.75, 3.05) is 25.0 Å². The minimum atomic E-state index is -4.11. The van der Waals surface area contributed by atoms with Crippen LogP contribution in [0, 0.1) is 17.5 Å². The normalized spacial score (nSPS) is 16.6. The van der Waals surface area contributed by atoms with Crippen LogP contribution in [0.5, 0.6) is 0 Å². The monoisotopic (exact) mass is 782 g/mol. The predicted molar refractivity (Wildman–Crippen MR) is 175 cm³/mol. The number of carbonyl (C=O) groups excluding carboxylic acids is 3. The molecule has 1 aliphatic heterocycles. The van der Waals surface area contributed by atoms with Gasteiger partial charge in [0.1, 0.15) is 35.4 Å². The maximum absolute atomic E-state index is 15.1. The predicted octanol–water partition coefficient (Wildman–Crippen LogP) is 5.91. The van der Waals surface area contributed by atoms with E-state index in [0.717, 1.165) is 24.3 Å². The molecule has 1 aliphatic carbocycles. The number of hydrogen-bond donors (Lipinski definition) is 3. The maximum Gasteiger partial charge on any atom is 0.290 e. The molecule has 3 amide bonds. The average molecular weight is 783 g/mol. The SMILES string of the molecule is NC(=O)c1cc(-c2cnc(NCCN3CCCC3=O)nc2[C@H](Cc2cc(F)cc(F)c2)NC(=O)Cn2nc(C(F)F)c3c2C(F)(F)CCC3(F)F)ccc1F. The van der Waals surface area contributed by atoms with E-state index in [0.29, 0.717) is 25.5 Å². The number of benzene rings is 2. The molecule has 20 heteroatoms. The summed E-state index contributed by atoms with van der Waals surface area (Å²) in [5.74, 6) is -13.8. The Hall–Kier alpha value is -5.69. The lowest BCUT2D eigenvalue weighted by Crippen LogP contribution is -2.37. The van der Waals surface area contributed by atoms with Gasteiger partial charge in [-0.25, -0.2) is 40.7 Å². The van der Waals surface area contributed by atoms with E-state index in [1.54, 1.807) is 4.90 Å². The lowest BCUT2D eigenvalue weighted by molar-refractivity contribution is -0.127. The standard InChI is InChI=1S/C35H31F9N8O3/c36-19-10-17(11-20(37)14-19)12-24(48-25(53)16-52-30-27(29(50-52)31(39)40)34(41,42)5-6-35(30,43)44)28-22(18-3-4-23(38)21(13-18)32(45)55)15-47-33(49-28)46-7-9-51-8-1-2-26(51)54/h3-4,10-11,13-15,24,31H,1-2,5-9,12,16H2,(H2,45,55)(H,48,53)(H,46,47,49)/t24-/m0/s1. The molecule has 2 aromatic carbocycles. The largest absolute Gasteiger partial charge is 0.366 e. The molecule has 3 heterocycles. The van der Waals surface area contributed by atoms with E-state index in [4.69, 9.17) is 5.73 Å². The number of nitrogens with zero attached hydrogens (tertiary/aromatic N) is 5. The molecule has 0 unspecified atom stereocenters. The second-order valence-corrected chi connectivity index (χ2v) is 13.0. The van der Waals surface area contributed by atoms with Gasteiger partial charge in [0.15, 0.2) is 0 Å². The highest BCUT2D eigenvalue weighted by Crippen LogP contribution is 2.52. The number of carbonyl (C=O) groups is 3. The van der Waals surface area contributed by atoms with E-state index in [9.17, 15) is 45.1 Å². The number of rotatable bonds is 13. The highest BCUT2D eigenvalue weighted by Gasteiger charge is 2.55. The van der Waals surface area contributed by atoms with E-state index in [-0.39, 0.29) is 52.0 Å². The smallest absolute Gasteiger partial charge is 0.290 e. The van der Waals surface area contributed by atoms with Crippen molar-refractivity contribution in [1.82, 2.24) is 30.0 Å². The van der Waals surface area contributed by atoms with Crippen LogP contribution >= 0.6 is 0 Å². The molecule has 0 bridgehead atoms. The Morgan fingerprint density at radius 3 is 2.33 bits per heavy atom. The first-order chi connectivity index (χ1) is 25.9. The number of amides is 3. The lowest BCUT2D eigenvalue weighted by Gasteiger charge is -2.29. The van der Waals surface area contributed by atoms with Gasteiger partial charge in [0.05, 0.1) is 22.9 Å². The Morgan fingerprint density at radius 1 is 0.964 bits per heavy atom. The van der Waals surface area contributed by atoms with Gasteiger partial charge in [-0.15, -0.1) is 0 Å². The van der Waals surface area contributed by atoms with E-state index in [1.807, 2.05) is 0 Å². The summed E-state index contributed by atoms with van der Waals surface area (Å²) >= 11 is 0. The van der Waals surface area contributed by atoms with Crippen LogP contribution in [0.1, 0.15) is 76.7 Å². The summed E-state index contributed by atoms with van der Waals surface area (Å²) in [5, 5.41) is 8.67. The van der Waals surface area contributed by atoms with Gasteiger partial charge in [-0.2, -0.15) is 13.9 Å². The maximum atomic E-state index is 15.1. The van der Waals surface area contributed by atoms with Crippen LogP contribution in [0.25, 0.3) is 11.1 Å². The Kier molecular flexibility index (Phi) is 10.8. The van der Waals surface area contributed by atoms with Gasteiger partial charge in [-0.05, 0) is 48.2 Å². The van der Waals surface area contributed by atoms with Crippen LogP contribution < -0.4 is 16.4 Å². The molecule has 55 heavy (non-hydrogen) atoms. The zero-order valence-corrected chi connectivity index (χ0v) is 28.5. The fourth-order valence-corrected chi connectivity index (χ4v) is 6.69. The van der Waals surface area contributed by atoms with E-state index in [2.05, 4.69) is 25.7 Å². The van der Waals surface area contributed by atoms with Crippen molar-refractivity contribution < 1.29 is 53.9 Å². The molecule has 0 spiro atoms. The summed E-state index contributed by atoms with van der Waals surface area (Å²) < 4.78 is 131. The van der Waals surface area contributed by atoms with Crippen molar-refractivity contribution in [3.05, 3.63) is 93.8 Å². The van der Waals surface area contributed by atoms with Crippen molar-refractivity contribution in [3.63, 3.8) is 0 Å². The third kappa shape index (κ3) is 8.36. The second kappa shape index (κ2) is 15.2. The first kappa shape index (κ1) is 39.0. The summed E-state index contributed by atoms with van der Waals surface area (Å²) in [5.41, 5.74) is -0.222. The van der Waals surface area contributed by atoms with Crippen LogP contribution in [-0.4, -0.2) is 62.0 Å². The third-order valence-corrected chi connectivity index (χ3v) is 9.17. The quantitative estimate of drug-likeness (QED) is 0.143. The van der Waals surface area contributed by atoms with E-state index >= 15 is 8.78 Å². The Bertz CT molecular complexity index is 2130. The zero-order chi connectivity index (χ0) is 39.8. The number of primary amides is 1. The number of hydrogen-bond acceptors (Lipinski definition) is 7. The molecule has 4 aromatic rings. The van der Waals surface area contributed by atoms with Crippen molar-refractivity contribution in [2.24, 2.45) is 5.73 Å². The average Bonchev–Trinajstić information content (AvgIpc) is 3.71. The summed E-state index contributed by atoms with van der Waals surface area (Å²) in [6.45, 7) is -0.375. The fourth-order valence-electron chi connectivity index (χ4n) is 6.69. The lowest BCUT2D eigenvalue weighted by atomic mass is 9.89. The van der Waals surface area contributed by atoms with Crippen molar-refractivity contribution in [2.45, 2.75) is 63.0 Å². The number of halogens is 9. The Morgan fingerprint density at radius 2 is 1.67 bits per heavy atom. The van der Waals surface area contributed by atoms with Crippen LogP contribution in [-0.2, 0) is 34.4 Å². The second-order valence-electron chi connectivity index (χ2n) is 13.0. The third-order valence-electron chi connectivity index (χ3n) is 9.17. The highest BCUT2D eigenvalue weighted by atomic mass is 19.3. The molecule has 0 saturated carbocycles. The minimum absolute atomic E-state index is 0.00702.